The van der Waals surface area contributed by atoms with Crippen LogP contribution in [0, 0.1) is 21.4 Å². The van der Waals surface area contributed by atoms with Crippen molar-refractivity contribution in [3.63, 3.8) is 0 Å². The van der Waals surface area contributed by atoms with Crippen LogP contribution in [0.5, 0.6) is 5.88 Å². The molecular formula is C27H18N6O4. The summed E-state index contributed by atoms with van der Waals surface area (Å²) in [5.74, 6) is 0.104. The number of allylic oxidation sites excluding steroid dienone is 1. The quantitative estimate of drug-likeness (QED) is 0.269. The second kappa shape index (κ2) is 8.58. The Labute approximate surface area is 210 Å². The van der Waals surface area contributed by atoms with E-state index in [9.17, 15) is 15.4 Å². The Morgan fingerprint density at radius 1 is 1.03 bits per heavy atom. The summed E-state index contributed by atoms with van der Waals surface area (Å²) in [6, 6.07) is 25.1. The van der Waals surface area contributed by atoms with Crippen LogP contribution in [-0.2, 0) is 0 Å². The van der Waals surface area contributed by atoms with E-state index in [0.29, 0.717) is 34.3 Å². The second-order valence-electron chi connectivity index (χ2n) is 8.30. The maximum absolute atomic E-state index is 11.4. The van der Waals surface area contributed by atoms with E-state index in [2.05, 4.69) is 6.07 Å². The van der Waals surface area contributed by atoms with Crippen LogP contribution in [0.1, 0.15) is 17.2 Å². The zero-order valence-corrected chi connectivity index (χ0v) is 19.2. The van der Waals surface area contributed by atoms with E-state index >= 15 is 0 Å². The van der Waals surface area contributed by atoms with E-state index in [0.717, 1.165) is 5.69 Å². The smallest absolute Gasteiger partial charge is 0.271 e. The number of fused-ring (bicyclic) bond motifs is 1. The monoisotopic (exact) mass is 490 g/mol. The molecule has 0 aliphatic carbocycles. The van der Waals surface area contributed by atoms with Gasteiger partial charge in [-0.3, -0.25) is 10.1 Å². The minimum Gasteiger partial charge on any atom is -0.463 e. The Morgan fingerprint density at radius 3 is 2.57 bits per heavy atom. The summed E-state index contributed by atoms with van der Waals surface area (Å²) >= 11 is 0. The molecule has 4 heterocycles. The zero-order valence-electron chi connectivity index (χ0n) is 19.2. The first-order valence-electron chi connectivity index (χ1n) is 11.3. The van der Waals surface area contributed by atoms with Crippen LogP contribution in [0.15, 0.2) is 107 Å². The fraction of sp³-hybridized carbons (Fsp3) is 0.0370. The number of hydrogen-bond donors (Lipinski definition) is 1. The molecule has 5 aromatic rings. The number of furan rings is 1. The minimum absolute atomic E-state index is 0.0464. The largest absolute Gasteiger partial charge is 0.463 e. The molecule has 1 unspecified atom stereocenters. The first-order valence-corrected chi connectivity index (χ1v) is 11.3. The van der Waals surface area contributed by atoms with E-state index in [-0.39, 0.29) is 17.1 Å². The molecule has 0 spiro atoms. The Hall–Kier alpha value is -5.56. The van der Waals surface area contributed by atoms with Gasteiger partial charge in [-0.2, -0.15) is 15.0 Å². The Balaban J connectivity index is 1.63. The maximum Gasteiger partial charge on any atom is 0.271 e. The summed E-state index contributed by atoms with van der Waals surface area (Å²) in [7, 11) is 0. The van der Waals surface area contributed by atoms with Gasteiger partial charge in [0.25, 0.3) is 5.69 Å². The molecule has 1 aliphatic rings. The standard InChI is InChI=1S/C27H18N6O4/c28-16-20-23(21-11-5-13-31(21)18-9-4-10-19(15-18)33(34)35)24-25(22-12-6-14-36-22)30-32(27(24)37-26(20)29)17-7-2-1-3-8-17/h1-15,23H,29H2. The number of hydrogen-bond acceptors (Lipinski definition) is 7. The number of nitrogens with zero attached hydrogens (tertiary/aromatic N) is 5. The lowest BCUT2D eigenvalue weighted by Gasteiger charge is -2.26. The summed E-state index contributed by atoms with van der Waals surface area (Å²) in [4.78, 5) is 11.0. The Morgan fingerprint density at radius 2 is 1.84 bits per heavy atom. The topological polar surface area (TPSA) is 138 Å². The van der Waals surface area contributed by atoms with Crippen molar-refractivity contribution >= 4 is 5.69 Å². The number of non-ortho nitro benzene ring substituents is 1. The van der Waals surface area contributed by atoms with Crippen LogP contribution in [0.2, 0.25) is 0 Å². The van der Waals surface area contributed by atoms with Gasteiger partial charge in [0.15, 0.2) is 5.76 Å². The van der Waals surface area contributed by atoms with Crippen LogP contribution in [0.25, 0.3) is 22.8 Å². The molecule has 0 saturated heterocycles. The number of nitro benzene ring substituents is 1. The molecule has 10 nitrogen and oxygen atoms in total. The number of aromatic nitrogens is 3. The number of para-hydroxylation sites is 1. The van der Waals surface area contributed by atoms with Crippen molar-refractivity contribution in [2.45, 2.75) is 5.92 Å². The maximum atomic E-state index is 11.4. The number of nitrogens with two attached hydrogens (primary N) is 1. The first kappa shape index (κ1) is 21.9. The summed E-state index contributed by atoms with van der Waals surface area (Å²) < 4.78 is 15.2. The third kappa shape index (κ3) is 3.54. The van der Waals surface area contributed by atoms with Gasteiger partial charge in [0.1, 0.15) is 17.3 Å². The van der Waals surface area contributed by atoms with Gasteiger partial charge in [0.2, 0.25) is 11.8 Å². The lowest BCUT2D eigenvalue weighted by atomic mass is 9.86. The molecule has 3 aromatic heterocycles. The number of rotatable bonds is 5. The summed E-state index contributed by atoms with van der Waals surface area (Å²) in [6.07, 6.45) is 3.33. The SMILES string of the molecule is N#CC1=C(N)Oc2c(c(-c3ccco3)nn2-c2ccccc2)C1c1cccn1-c1cccc([N+](=O)[O-])c1. The highest BCUT2D eigenvalue weighted by molar-refractivity contribution is 5.69. The molecule has 0 amide bonds. The van der Waals surface area contributed by atoms with Crippen molar-refractivity contribution in [1.29, 1.82) is 5.26 Å². The first-order chi connectivity index (χ1) is 18.1. The van der Waals surface area contributed by atoms with Gasteiger partial charge in [-0.1, -0.05) is 24.3 Å². The van der Waals surface area contributed by atoms with Crippen molar-refractivity contribution in [3.05, 3.63) is 124 Å². The van der Waals surface area contributed by atoms with Crippen LogP contribution >= 0.6 is 0 Å². The molecule has 10 heteroatoms. The number of ether oxygens (including phenoxy) is 1. The molecule has 37 heavy (non-hydrogen) atoms. The Bertz CT molecular complexity index is 1710. The van der Waals surface area contributed by atoms with E-state index < -0.39 is 10.8 Å². The summed E-state index contributed by atoms with van der Waals surface area (Å²) in [5, 5.41) is 26.4. The average Bonchev–Trinajstić information content (AvgIpc) is 3.68. The van der Waals surface area contributed by atoms with E-state index in [1.165, 1.54) is 12.1 Å². The van der Waals surface area contributed by atoms with Gasteiger partial charge < -0.3 is 19.5 Å². The molecule has 0 saturated carbocycles. The fourth-order valence-corrected chi connectivity index (χ4v) is 4.59. The molecule has 0 bridgehead atoms. The van der Waals surface area contributed by atoms with E-state index in [1.807, 2.05) is 42.5 Å². The predicted octanol–water partition coefficient (Wildman–Crippen LogP) is 5.05. The molecule has 180 valence electrons. The van der Waals surface area contributed by atoms with Crippen LogP contribution in [0.3, 0.4) is 0 Å². The van der Waals surface area contributed by atoms with Crippen LogP contribution < -0.4 is 10.5 Å². The highest BCUT2D eigenvalue weighted by Gasteiger charge is 2.39. The van der Waals surface area contributed by atoms with Crippen LogP contribution in [-0.4, -0.2) is 19.3 Å². The minimum atomic E-state index is -0.694. The lowest BCUT2D eigenvalue weighted by Crippen LogP contribution is -2.23. The summed E-state index contributed by atoms with van der Waals surface area (Å²) in [6.45, 7) is 0. The van der Waals surface area contributed by atoms with Gasteiger partial charge in [0.05, 0.1) is 34.0 Å². The third-order valence-corrected chi connectivity index (χ3v) is 6.20. The molecule has 6 rings (SSSR count). The average molecular weight is 490 g/mol. The normalized spacial score (nSPS) is 14.6. The molecular weight excluding hydrogens is 472 g/mol. The molecule has 2 aromatic carbocycles. The van der Waals surface area contributed by atoms with Crippen molar-refractivity contribution in [2.75, 3.05) is 0 Å². The second-order valence-corrected chi connectivity index (χ2v) is 8.30. The van der Waals surface area contributed by atoms with Gasteiger partial charge in [0, 0.05) is 24.0 Å². The Kier molecular flexibility index (Phi) is 5.09. The van der Waals surface area contributed by atoms with Gasteiger partial charge in [-0.05, 0) is 42.5 Å². The van der Waals surface area contributed by atoms with Crippen molar-refractivity contribution < 1.29 is 14.1 Å². The van der Waals surface area contributed by atoms with Gasteiger partial charge in [-0.15, -0.1) is 0 Å². The zero-order chi connectivity index (χ0) is 25.5. The summed E-state index contributed by atoms with van der Waals surface area (Å²) in [5.41, 5.74) is 9.48. The van der Waals surface area contributed by atoms with Gasteiger partial charge in [-0.25, -0.2) is 0 Å². The highest BCUT2D eigenvalue weighted by Crippen LogP contribution is 2.48. The van der Waals surface area contributed by atoms with Crippen molar-refractivity contribution in [3.8, 4) is 34.8 Å². The van der Waals surface area contributed by atoms with Crippen LogP contribution in [0.4, 0.5) is 5.69 Å². The fourth-order valence-electron chi connectivity index (χ4n) is 4.59. The van der Waals surface area contributed by atoms with E-state index in [4.69, 9.17) is 20.0 Å². The lowest BCUT2D eigenvalue weighted by molar-refractivity contribution is -0.384. The molecule has 2 N–H and O–H groups in total. The van der Waals surface area contributed by atoms with E-state index in [1.54, 1.807) is 46.0 Å². The predicted molar refractivity (Wildman–Crippen MR) is 133 cm³/mol. The van der Waals surface area contributed by atoms with Gasteiger partial charge >= 0.3 is 0 Å². The molecule has 0 fully saturated rings. The number of nitro groups is 1. The number of nitriles is 1. The molecule has 1 aliphatic heterocycles. The number of benzene rings is 2. The molecule has 1 atom stereocenters. The third-order valence-electron chi connectivity index (χ3n) is 6.20. The highest BCUT2D eigenvalue weighted by atomic mass is 16.6. The van der Waals surface area contributed by atoms with Crippen molar-refractivity contribution in [1.82, 2.24) is 14.3 Å². The molecule has 0 radical (unpaired) electrons. The van der Waals surface area contributed by atoms with Crippen molar-refractivity contribution in [2.24, 2.45) is 5.73 Å².